The largest absolute Gasteiger partial charge is 0.507 e. The number of anilines is 1. The minimum atomic E-state index is -0.927. The van der Waals surface area contributed by atoms with Crippen LogP contribution in [-0.4, -0.2) is 61.0 Å². The highest BCUT2D eigenvalue weighted by molar-refractivity contribution is 5.75. The normalized spacial score (nSPS) is 24.3. The average Bonchev–Trinajstić information content (AvgIpc) is 3.48. The Balaban J connectivity index is 1.23. The first-order chi connectivity index (χ1) is 16.1. The number of piperidine rings is 1. The Morgan fingerprint density at radius 1 is 1.12 bits per heavy atom. The molecule has 2 saturated heterocycles. The molecule has 0 saturated carbocycles. The third-order valence-electron chi connectivity index (χ3n) is 6.96. The van der Waals surface area contributed by atoms with E-state index in [1.807, 2.05) is 46.8 Å². The van der Waals surface area contributed by atoms with E-state index >= 15 is 0 Å². The van der Waals surface area contributed by atoms with Gasteiger partial charge in [0.05, 0.1) is 24.1 Å². The summed E-state index contributed by atoms with van der Waals surface area (Å²) in [6.07, 6.45) is 8.56. The molecule has 2 unspecified atom stereocenters. The Kier molecular flexibility index (Phi) is 4.72. The Morgan fingerprint density at radius 3 is 2.82 bits per heavy atom. The molecule has 4 aromatic rings. The first kappa shape index (κ1) is 20.0. The van der Waals surface area contributed by atoms with Crippen LogP contribution in [0, 0.1) is 0 Å². The summed E-state index contributed by atoms with van der Waals surface area (Å²) in [6, 6.07) is 9.42. The van der Waals surface area contributed by atoms with Crippen LogP contribution in [0.1, 0.15) is 19.3 Å². The van der Waals surface area contributed by atoms with E-state index in [1.165, 1.54) is 0 Å². The molecule has 0 aliphatic carbocycles. The maximum absolute atomic E-state index is 14.9. The van der Waals surface area contributed by atoms with E-state index in [0.717, 1.165) is 36.0 Å². The molecule has 4 atom stereocenters. The van der Waals surface area contributed by atoms with Crippen molar-refractivity contribution in [1.29, 1.82) is 0 Å². The van der Waals surface area contributed by atoms with Crippen LogP contribution in [-0.2, 0) is 0 Å². The first-order valence-corrected chi connectivity index (χ1v) is 11.1. The third kappa shape index (κ3) is 3.48. The van der Waals surface area contributed by atoms with Crippen molar-refractivity contribution in [2.45, 2.75) is 43.6 Å². The van der Waals surface area contributed by atoms with E-state index in [0.29, 0.717) is 23.1 Å². The van der Waals surface area contributed by atoms with Gasteiger partial charge in [0.2, 0.25) is 0 Å². The van der Waals surface area contributed by atoms with Crippen molar-refractivity contribution in [3.8, 4) is 28.1 Å². The summed E-state index contributed by atoms with van der Waals surface area (Å²) in [6.45, 7) is 0. The van der Waals surface area contributed by atoms with Gasteiger partial charge in [-0.25, -0.2) is 9.37 Å². The molecule has 8 nitrogen and oxygen atoms in total. The number of phenols is 1. The number of aromatic nitrogens is 5. The number of pyridine rings is 1. The lowest BCUT2D eigenvalue weighted by atomic mass is 9.96. The monoisotopic (exact) mass is 445 g/mol. The van der Waals surface area contributed by atoms with Crippen LogP contribution in [0.25, 0.3) is 28.0 Å². The molecule has 0 amide bonds. The molecular weight excluding hydrogens is 421 g/mol. The van der Waals surface area contributed by atoms with Crippen LogP contribution in [0.4, 0.5) is 10.2 Å². The van der Waals surface area contributed by atoms with E-state index in [2.05, 4.69) is 25.5 Å². The zero-order valence-corrected chi connectivity index (χ0v) is 18.1. The maximum atomic E-state index is 14.9. The lowest BCUT2D eigenvalue weighted by Gasteiger charge is -2.38. The van der Waals surface area contributed by atoms with Gasteiger partial charge in [0, 0.05) is 30.9 Å². The number of hydrogen-bond donors (Lipinski definition) is 2. The van der Waals surface area contributed by atoms with Crippen LogP contribution in [0.5, 0.6) is 5.75 Å². The Morgan fingerprint density at radius 2 is 2.00 bits per heavy atom. The van der Waals surface area contributed by atoms with Crippen molar-refractivity contribution in [2.75, 3.05) is 11.9 Å². The molecule has 3 aromatic heterocycles. The number of nitrogens with zero attached hydrogens (tertiary/aromatic N) is 6. The minimum absolute atomic E-state index is 0.0654. The fourth-order valence-electron chi connectivity index (χ4n) is 5.09. The highest BCUT2D eigenvalue weighted by Crippen LogP contribution is 2.35. The number of hydrogen-bond acceptors (Lipinski definition) is 7. The van der Waals surface area contributed by atoms with E-state index in [9.17, 15) is 9.50 Å². The molecule has 2 bridgehead atoms. The number of rotatable bonds is 4. The molecule has 2 fully saturated rings. The van der Waals surface area contributed by atoms with Crippen molar-refractivity contribution >= 4 is 11.5 Å². The second-order valence-electron chi connectivity index (χ2n) is 8.91. The summed E-state index contributed by atoms with van der Waals surface area (Å²) in [5, 5.41) is 22.0. The molecule has 1 aromatic carbocycles. The molecule has 0 radical (unpaired) electrons. The van der Waals surface area contributed by atoms with Gasteiger partial charge >= 0.3 is 0 Å². The molecule has 9 heteroatoms. The summed E-state index contributed by atoms with van der Waals surface area (Å²) in [5.41, 5.74) is 3.68. The van der Waals surface area contributed by atoms with Crippen molar-refractivity contribution in [3.05, 3.63) is 55.2 Å². The Hall–Kier alpha value is -3.59. The zero-order valence-electron chi connectivity index (χ0n) is 18.1. The van der Waals surface area contributed by atoms with Gasteiger partial charge in [-0.3, -0.25) is 9.38 Å². The number of phenolic OH excluding ortho intramolecular Hbond substituents is 1. The standard InChI is InChI=1S/C24H24FN7O/c1-31(20-10-16-3-5-18(29-16)24(20)25)23-12-26-19(11-27-23)17-4-2-14(8-21(17)33)15-6-7-32-13-28-30-22(32)9-15/h2,4,6-9,11-13,16,18,20,24,29,33H,3,5,10H2,1H3/t16?,18?,20-,24+/m1/s1. The molecule has 2 N–H and O–H groups in total. The number of fused-ring (bicyclic) bond motifs is 3. The lowest BCUT2D eigenvalue weighted by Crippen LogP contribution is -2.55. The van der Waals surface area contributed by atoms with E-state index in [-0.39, 0.29) is 17.8 Å². The van der Waals surface area contributed by atoms with Crippen molar-refractivity contribution in [1.82, 2.24) is 29.9 Å². The van der Waals surface area contributed by atoms with Gasteiger partial charge in [0.1, 0.15) is 24.1 Å². The topological polar surface area (TPSA) is 91.5 Å². The van der Waals surface area contributed by atoms with E-state index < -0.39 is 6.17 Å². The lowest BCUT2D eigenvalue weighted by molar-refractivity contribution is 0.176. The first-order valence-electron chi connectivity index (χ1n) is 11.1. The van der Waals surface area contributed by atoms with Crippen LogP contribution < -0.4 is 10.2 Å². The number of halogens is 1. The van der Waals surface area contributed by atoms with Gasteiger partial charge in [-0.1, -0.05) is 6.07 Å². The van der Waals surface area contributed by atoms with Gasteiger partial charge < -0.3 is 15.3 Å². The van der Waals surface area contributed by atoms with Crippen LogP contribution in [0.15, 0.2) is 55.2 Å². The second kappa shape index (κ2) is 7.77. The fraction of sp³-hybridized carbons (Fsp3) is 0.333. The summed E-state index contributed by atoms with van der Waals surface area (Å²) in [4.78, 5) is 10.9. The van der Waals surface area contributed by atoms with Gasteiger partial charge in [-0.15, -0.1) is 10.2 Å². The third-order valence-corrected chi connectivity index (χ3v) is 6.96. The zero-order chi connectivity index (χ0) is 22.5. The Bertz CT molecular complexity index is 1310. The van der Waals surface area contributed by atoms with Crippen molar-refractivity contribution < 1.29 is 9.50 Å². The minimum Gasteiger partial charge on any atom is -0.507 e. The predicted molar refractivity (Wildman–Crippen MR) is 123 cm³/mol. The molecule has 5 heterocycles. The van der Waals surface area contributed by atoms with E-state index in [1.54, 1.807) is 24.8 Å². The van der Waals surface area contributed by atoms with Crippen LogP contribution in [0.2, 0.25) is 0 Å². The summed E-state index contributed by atoms with van der Waals surface area (Å²) in [7, 11) is 1.88. The van der Waals surface area contributed by atoms with Gasteiger partial charge in [0.15, 0.2) is 5.65 Å². The summed E-state index contributed by atoms with van der Waals surface area (Å²) in [5.74, 6) is 0.744. The average molecular weight is 446 g/mol. The predicted octanol–water partition coefficient (Wildman–Crippen LogP) is 3.23. The fourth-order valence-corrected chi connectivity index (χ4v) is 5.09. The SMILES string of the molecule is CN(c1cnc(-c2ccc(-c3ccn4cnnc4c3)cc2O)cn1)[C@@H]1CC2CCC(N2)[C@@H]1F. The highest BCUT2D eigenvalue weighted by Gasteiger charge is 2.43. The highest BCUT2D eigenvalue weighted by atomic mass is 19.1. The number of aromatic hydroxyl groups is 1. The van der Waals surface area contributed by atoms with E-state index in [4.69, 9.17) is 0 Å². The molecule has 168 valence electrons. The number of benzene rings is 1. The maximum Gasteiger partial charge on any atom is 0.161 e. The summed E-state index contributed by atoms with van der Waals surface area (Å²) >= 11 is 0. The molecule has 33 heavy (non-hydrogen) atoms. The summed E-state index contributed by atoms with van der Waals surface area (Å²) < 4.78 is 16.7. The molecule has 6 rings (SSSR count). The van der Waals surface area contributed by atoms with Crippen molar-refractivity contribution in [2.24, 2.45) is 0 Å². The van der Waals surface area contributed by atoms with Gasteiger partial charge in [-0.2, -0.15) is 0 Å². The molecular formula is C24H24FN7O. The molecule has 2 aliphatic rings. The van der Waals surface area contributed by atoms with Gasteiger partial charge in [-0.05, 0) is 54.7 Å². The number of nitrogens with one attached hydrogen (secondary N) is 1. The second-order valence-corrected chi connectivity index (χ2v) is 8.91. The molecule has 2 aliphatic heterocycles. The van der Waals surface area contributed by atoms with Crippen LogP contribution >= 0.6 is 0 Å². The van der Waals surface area contributed by atoms with Crippen molar-refractivity contribution in [3.63, 3.8) is 0 Å². The quantitative estimate of drug-likeness (QED) is 0.498. The Labute approximate surface area is 190 Å². The number of alkyl halides is 1. The van der Waals surface area contributed by atoms with Gasteiger partial charge in [0.25, 0.3) is 0 Å². The molecule has 0 spiro atoms. The van der Waals surface area contributed by atoms with Crippen LogP contribution in [0.3, 0.4) is 0 Å². The smallest absolute Gasteiger partial charge is 0.161 e.